The highest BCUT2D eigenvalue weighted by atomic mass is 16.6. The summed E-state index contributed by atoms with van der Waals surface area (Å²) in [5.74, 6) is -0.965. The third-order valence-corrected chi connectivity index (χ3v) is 14.1. The molecule has 0 aromatic carbocycles. The predicted octanol–water partition coefficient (Wildman–Crippen LogP) is 23.3. The van der Waals surface area contributed by atoms with Crippen LogP contribution in [-0.4, -0.2) is 37.2 Å². The lowest BCUT2D eigenvalue weighted by atomic mass is 10.0. The Balaban J connectivity index is 4.35. The van der Waals surface area contributed by atoms with Crippen LogP contribution in [0.5, 0.6) is 0 Å². The molecule has 0 rings (SSSR count). The lowest BCUT2D eigenvalue weighted by Crippen LogP contribution is -2.30. The molecule has 0 N–H and O–H groups in total. The molecule has 1 unspecified atom stereocenters. The fourth-order valence-corrected chi connectivity index (χ4v) is 9.15. The fraction of sp³-hybridized carbons (Fsp3) is 0.667. The first-order chi connectivity index (χ1) is 40.0. The van der Waals surface area contributed by atoms with Crippen LogP contribution in [0.2, 0.25) is 0 Å². The largest absolute Gasteiger partial charge is 0.462 e. The molecule has 1 atom stereocenters. The molecule has 0 aromatic rings. The van der Waals surface area contributed by atoms with Crippen molar-refractivity contribution in [2.45, 2.75) is 309 Å². The van der Waals surface area contributed by atoms with E-state index in [0.29, 0.717) is 19.3 Å². The van der Waals surface area contributed by atoms with E-state index in [1.807, 2.05) is 0 Å². The van der Waals surface area contributed by atoms with Gasteiger partial charge in [0.15, 0.2) is 6.10 Å². The van der Waals surface area contributed by atoms with Gasteiger partial charge in [-0.15, -0.1) is 0 Å². The van der Waals surface area contributed by atoms with Gasteiger partial charge in [-0.2, -0.15) is 0 Å². The summed E-state index contributed by atoms with van der Waals surface area (Å²) in [7, 11) is 0. The molecule has 0 aliphatic rings. The molecular weight excluding hydrogens is 997 g/mol. The Morgan fingerprint density at radius 3 is 0.790 bits per heavy atom. The van der Waals surface area contributed by atoms with Gasteiger partial charge in [0, 0.05) is 19.3 Å². The number of unbranched alkanes of at least 4 members (excludes halogenated alkanes) is 27. The lowest BCUT2D eigenvalue weighted by Gasteiger charge is -2.18. The molecule has 0 heterocycles. The number of hydrogen-bond donors (Lipinski definition) is 0. The summed E-state index contributed by atoms with van der Waals surface area (Å²) in [6.45, 7) is 6.35. The topological polar surface area (TPSA) is 78.9 Å². The molecule has 6 nitrogen and oxygen atoms in total. The highest BCUT2D eigenvalue weighted by molar-refractivity contribution is 5.71. The van der Waals surface area contributed by atoms with E-state index in [1.165, 1.54) is 141 Å². The number of hydrogen-bond acceptors (Lipinski definition) is 6. The fourth-order valence-electron chi connectivity index (χ4n) is 9.15. The smallest absolute Gasteiger partial charge is 0.306 e. The molecule has 0 spiro atoms. The van der Waals surface area contributed by atoms with Gasteiger partial charge in [-0.25, -0.2) is 0 Å². The summed E-state index contributed by atoms with van der Waals surface area (Å²) in [6.07, 6.45) is 96.2. The Kier molecular flexibility index (Phi) is 64.3. The molecule has 0 radical (unpaired) electrons. The van der Waals surface area contributed by atoms with Crippen LogP contribution in [-0.2, 0) is 28.6 Å². The molecule has 0 aliphatic heterocycles. The quantitative estimate of drug-likeness (QED) is 0.0261. The molecule has 6 heteroatoms. The van der Waals surface area contributed by atoms with Crippen molar-refractivity contribution >= 4 is 17.9 Å². The maximum atomic E-state index is 12.9. The molecular formula is C75H124O6. The van der Waals surface area contributed by atoms with Gasteiger partial charge in [-0.1, -0.05) is 289 Å². The molecule has 0 aliphatic carbocycles. The molecule has 0 saturated carbocycles. The zero-order chi connectivity index (χ0) is 58.5. The third-order valence-electron chi connectivity index (χ3n) is 14.1. The minimum absolute atomic E-state index is 0.105. The summed E-state index contributed by atoms with van der Waals surface area (Å²) in [4.78, 5) is 38.4. The molecule has 0 bridgehead atoms. The number of esters is 3. The molecule has 81 heavy (non-hydrogen) atoms. The van der Waals surface area contributed by atoms with Crippen LogP contribution in [0.3, 0.4) is 0 Å². The van der Waals surface area contributed by atoms with E-state index in [0.717, 1.165) is 116 Å². The molecule has 0 saturated heterocycles. The lowest BCUT2D eigenvalue weighted by molar-refractivity contribution is -0.167. The van der Waals surface area contributed by atoms with Crippen LogP contribution in [0, 0.1) is 0 Å². The summed E-state index contributed by atoms with van der Waals surface area (Å²) < 4.78 is 16.9. The first-order valence-electron chi connectivity index (χ1n) is 33.7. The average molecular weight is 1120 g/mol. The Bertz CT molecular complexity index is 1720. The molecule has 0 amide bonds. The van der Waals surface area contributed by atoms with E-state index >= 15 is 0 Å². The number of rotatable bonds is 60. The Morgan fingerprint density at radius 2 is 0.494 bits per heavy atom. The van der Waals surface area contributed by atoms with Crippen molar-refractivity contribution in [2.24, 2.45) is 0 Å². The SMILES string of the molecule is CC/C=C\C/C=C\C/C=C\C/C=C\C/C=C\CCCC(=O)OC(COC(=O)CCCCCCCCC/C=C\C/C=C\CCCCC)COC(=O)CCCCCCCCCCCCCCCCCC/C=C\C/C=C\C/C=C\C/C=C\CC. The maximum absolute atomic E-state index is 12.9. The van der Waals surface area contributed by atoms with Crippen molar-refractivity contribution < 1.29 is 28.6 Å². The predicted molar refractivity (Wildman–Crippen MR) is 353 cm³/mol. The van der Waals surface area contributed by atoms with E-state index in [4.69, 9.17) is 14.2 Å². The first-order valence-corrected chi connectivity index (χ1v) is 33.7. The molecule has 0 aromatic heterocycles. The van der Waals surface area contributed by atoms with E-state index in [-0.39, 0.29) is 37.5 Å². The van der Waals surface area contributed by atoms with Gasteiger partial charge in [0.05, 0.1) is 0 Å². The van der Waals surface area contributed by atoms with E-state index in [2.05, 4.69) is 154 Å². The number of allylic oxidation sites excluding steroid dienone is 22. The number of carbonyl (C=O) groups is 3. The van der Waals surface area contributed by atoms with Crippen LogP contribution < -0.4 is 0 Å². The molecule has 0 fully saturated rings. The van der Waals surface area contributed by atoms with Gasteiger partial charge in [-0.3, -0.25) is 14.4 Å². The standard InChI is InChI=1S/C75H124O6/c1-4-7-10-13-16-19-22-25-28-31-32-33-34-35-36-37-38-39-40-41-42-45-47-50-53-56-59-62-65-68-74(77)80-71-72(81-75(78)69-66-63-60-57-54-51-48-44-30-27-24-21-18-15-12-9-6-3)70-79-73(76)67-64-61-58-55-52-49-46-43-29-26-23-20-17-14-11-8-5-2/h7,9-10,12,16-21,25-30,32-33,48,51,57,60,72H,4-6,8,11,13-15,22-24,31,34-47,49-50,52-56,58-59,61-71H2,1-3H3/b10-7-,12-9-,19-16-,20-17-,21-18-,28-25-,29-26-,30-27-,33-32-,51-48-,60-57-. The molecule has 460 valence electrons. The van der Waals surface area contributed by atoms with Gasteiger partial charge in [0.2, 0.25) is 0 Å². The number of ether oxygens (including phenoxy) is 3. The van der Waals surface area contributed by atoms with Crippen LogP contribution in [0.15, 0.2) is 134 Å². The van der Waals surface area contributed by atoms with Crippen molar-refractivity contribution in [1.29, 1.82) is 0 Å². The zero-order valence-electron chi connectivity index (χ0n) is 52.8. The van der Waals surface area contributed by atoms with Crippen LogP contribution in [0.1, 0.15) is 303 Å². The second-order valence-electron chi connectivity index (χ2n) is 22.0. The highest BCUT2D eigenvalue weighted by Crippen LogP contribution is 2.16. The van der Waals surface area contributed by atoms with Gasteiger partial charge in [0.1, 0.15) is 13.2 Å². The van der Waals surface area contributed by atoms with Crippen molar-refractivity contribution in [3.8, 4) is 0 Å². The average Bonchev–Trinajstić information content (AvgIpc) is 3.47. The monoisotopic (exact) mass is 1120 g/mol. The normalized spacial score (nSPS) is 13.0. The second kappa shape index (κ2) is 68.1. The van der Waals surface area contributed by atoms with Gasteiger partial charge in [0.25, 0.3) is 0 Å². The summed E-state index contributed by atoms with van der Waals surface area (Å²) in [6, 6.07) is 0. The summed E-state index contributed by atoms with van der Waals surface area (Å²) in [5, 5.41) is 0. The van der Waals surface area contributed by atoms with E-state index in [9.17, 15) is 14.4 Å². The van der Waals surface area contributed by atoms with Gasteiger partial charge >= 0.3 is 17.9 Å². The van der Waals surface area contributed by atoms with Crippen molar-refractivity contribution in [3.63, 3.8) is 0 Å². The minimum Gasteiger partial charge on any atom is -0.462 e. The van der Waals surface area contributed by atoms with Gasteiger partial charge < -0.3 is 14.2 Å². The van der Waals surface area contributed by atoms with Crippen LogP contribution in [0.25, 0.3) is 0 Å². The third kappa shape index (κ3) is 66.2. The first kappa shape index (κ1) is 76.5. The Labute approximate surface area is 500 Å². The number of carbonyl (C=O) groups excluding carboxylic acids is 3. The van der Waals surface area contributed by atoms with E-state index in [1.54, 1.807) is 0 Å². The van der Waals surface area contributed by atoms with Crippen molar-refractivity contribution in [3.05, 3.63) is 134 Å². The van der Waals surface area contributed by atoms with Crippen molar-refractivity contribution in [2.75, 3.05) is 13.2 Å². The van der Waals surface area contributed by atoms with Crippen LogP contribution in [0.4, 0.5) is 0 Å². The summed E-state index contributed by atoms with van der Waals surface area (Å²) in [5.41, 5.74) is 0. The Hall–Kier alpha value is -4.45. The minimum atomic E-state index is -0.816. The summed E-state index contributed by atoms with van der Waals surface area (Å²) >= 11 is 0. The zero-order valence-corrected chi connectivity index (χ0v) is 52.8. The highest BCUT2D eigenvalue weighted by Gasteiger charge is 2.19. The van der Waals surface area contributed by atoms with Crippen LogP contribution >= 0.6 is 0 Å². The Morgan fingerprint density at radius 1 is 0.259 bits per heavy atom. The second-order valence-corrected chi connectivity index (χ2v) is 22.0. The van der Waals surface area contributed by atoms with E-state index < -0.39 is 6.10 Å². The van der Waals surface area contributed by atoms with Gasteiger partial charge in [-0.05, 0) is 128 Å². The van der Waals surface area contributed by atoms with Crippen molar-refractivity contribution in [1.82, 2.24) is 0 Å². The maximum Gasteiger partial charge on any atom is 0.306 e.